The van der Waals surface area contributed by atoms with E-state index >= 15 is 0 Å². The van der Waals surface area contributed by atoms with Gasteiger partial charge in [0, 0.05) is 12.2 Å². The third kappa shape index (κ3) is 5.30. The van der Waals surface area contributed by atoms with Gasteiger partial charge in [0.15, 0.2) is 0 Å². The topological polar surface area (TPSA) is 51.0 Å². The maximum atomic E-state index is 8.86. The Morgan fingerprint density at radius 1 is 1.26 bits per heavy atom. The molecule has 0 bridgehead atoms. The van der Waals surface area contributed by atoms with E-state index in [4.69, 9.17) is 14.7 Å². The van der Waals surface area contributed by atoms with Gasteiger partial charge in [-0.2, -0.15) is 0 Å². The molecule has 0 aliphatic heterocycles. The summed E-state index contributed by atoms with van der Waals surface area (Å²) in [6.45, 7) is 7.73. The zero-order valence-electron chi connectivity index (χ0n) is 12.0. The van der Waals surface area contributed by atoms with Gasteiger partial charge in [-0.25, -0.2) is 0 Å². The van der Waals surface area contributed by atoms with E-state index in [9.17, 15) is 0 Å². The summed E-state index contributed by atoms with van der Waals surface area (Å²) in [5.74, 6) is 0.731. The van der Waals surface area contributed by atoms with Crippen molar-refractivity contribution in [2.24, 2.45) is 5.16 Å². The highest BCUT2D eigenvalue weighted by molar-refractivity contribution is 6.00. The molecule has 4 nitrogen and oxygen atoms in total. The lowest BCUT2D eigenvalue weighted by molar-refractivity contribution is 0.0980. The van der Waals surface area contributed by atoms with Gasteiger partial charge < -0.3 is 14.7 Å². The predicted octanol–water partition coefficient (Wildman–Crippen LogP) is 3.39. The number of hydrogen-bond donors (Lipinski definition) is 1. The molecular weight excluding hydrogens is 242 g/mol. The average molecular weight is 265 g/mol. The van der Waals surface area contributed by atoms with Gasteiger partial charge in [0.2, 0.25) is 0 Å². The maximum Gasteiger partial charge on any atom is 0.128 e. The summed E-state index contributed by atoms with van der Waals surface area (Å²) in [5.41, 5.74) is 2.46. The summed E-state index contributed by atoms with van der Waals surface area (Å²) in [7, 11) is 0. The summed E-state index contributed by atoms with van der Waals surface area (Å²) in [6.07, 6.45) is 2.21. The Hall–Kier alpha value is -1.55. The summed E-state index contributed by atoms with van der Waals surface area (Å²) in [6, 6.07) is 5.81. The Balaban J connectivity index is 2.54. The molecule has 0 aliphatic carbocycles. The van der Waals surface area contributed by atoms with E-state index in [0.29, 0.717) is 18.9 Å². The molecule has 0 unspecified atom stereocenters. The molecule has 0 heterocycles. The molecule has 0 amide bonds. The van der Waals surface area contributed by atoms with Crippen molar-refractivity contribution in [2.45, 2.75) is 33.6 Å². The predicted molar refractivity (Wildman–Crippen MR) is 76.4 cm³/mol. The van der Waals surface area contributed by atoms with E-state index in [0.717, 1.165) is 36.3 Å². The van der Waals surface area contributed by atoms with Crippen LogP contribution in [-0.4, -0.2) is 30.7 Å². The third-order valence-electron chi connectivity index (χ3n) is 2.80. The molecule has 0 aliphatic rings. The van der Waals surface area contributed by atoms with Crippen LogP contribution in [0.3, 0.4) is 0 Å². The van der Waals surface area contributed by atoms with Crippen LogP contribution in [0.25, 0.3) is 0 Å². The molecule has 0 fully saturated rings. The molecule has 0 aromatic heterocycles. The minimum Gasteiger partial charge on any atom is -0.490 e. The Bertz CT molecular complexity index is 416. The van der Waals surface area contributed by atoms with Crippen molar-refractivity contribution >= 4 is 5.71 Å². The van der Waals surface area contributed by atoms with Gasteiger partial charge in [0.05, 0.1) is 12.3 Å². The van der Waals surface area contributed by atoms with Crippen molar-refractivity contribution in [1.82, 2.24) is 0 Å². The molecule has 0 radical (unpaired) electrons. The third-order valence-corrected chi connectivity index (χ3v) is 2.80. The van der Waals surface area contributed by atoms with E-state index in [1.165, 1.54) is 0 Å². The number of aryl methyl sites for hydroxylation is 1. The molecule has 1 aromatic carbocycles. The first-order chi connectivity index (χ1) is 9.19. The first kappa shape index (κ1) is 15.5. The highest BCUT2D eigenvalue weighted by Gasteiger charge is 2.07. The van der Waals surface area contributed by atoms with Crippen LogP contribution < -0.4 is 4.74 Å². The van der Waals surface area contributed by atoms with Crippen LogP contribution in [0.2, 0.25) is 0 Å². The molecule has 4 heteroatoms. The van der Waals surface area contributed by atoms with Crippen LogP contribution in [0.1, 0.15) is 37.8 Å². The zero-order chi connectivity index (χ0) is 14.1. The van der Waals surface area contributed by atoms with Crippen molar-refractivity contribution in [3.8, 4) is 5.75 Å². The number of hydrogen-bond acceptors (Lipinski definition) is 4. The first-order valence-corrected chi connectivity index (χ1v) is 6.69. The van der Waals surface area contributed by atoms with Crippen LogP contribution in [0, 0.1) is 6.92 Å². The lowest BCUT2D eigenvalue weighted by Gasteiger charge is -2.12. The SMILES string of the molecule is CCCCOCCOc1cc(C)ccc1C(C)=NO. The van der Waals surface area contributed by atoms with Gasteiger partial charge in [-0.3, -0.25) is 0 Å². The molecule has 0 saturated heterocycles. The number of unbranched alkanes of at least 4 members (excludes halogenated alkanes) is 1. The second kappa shape index (κ2) is 8.53. The molecule has 0 spiro atoms. The second-order valence-electron chi connectivity index (χ2n) is 4.50. The minimum absolute atomic E-state index is 0.499. The van der Waals surface area contributed by atoms with Crippen molar-refractivity contribution in [1.29, 1.82) is 0 Å². The van der Waals surface area contributed by atoms with Crippen LogP contribution >= 0.6 is 0 Å². The van der Waals surface area contributed by atoms with Crippen LogP contribution in [0.4, 0.5) is 0 Å². The highest BCUT2D eigenvalue weighted by Crippen LogP contribution is 2.21. The van der Waals surface area contributed by atoms with Crippen molar-refractivity contribution in [3.63, 3.8) is 0 Å². The zero-order valence-corrected chi connectivity index (χ0v) is 12.0. The normalized spacial score (nSPS) is 11.6. The summed E-state index contributed by atoms with van der Waals surface area (Å²) >= 11 is 0. The molecule has 1 N–H and O–H groups in total. The van der Waals surface area contributed by atoms with Gasteiger partial charge >= 0.3 is 0 Å². The van der Waals surface area contributed by atoms with Gasteiger partial charge in [0.1, 0.15) is 12.4 Å². The molecule has 1 aromatic rings. The molecule has 0 saturated carbocycles. The Labute approximate surface area is 115 Å². The monoisotopic (exact) mass is 265 g/mol. The fraction of sp³-hybridized carbons (Fsp3) is 0.533. The molecule has 106 valence electrons. The largest absolute Gasteiger partial charge is 0.490 e. The first-order valence-electron chi connectivity index (χ1n) is 6.69. The molecule has 0 atom stereocenters. The van der Waals surface area contributed by atoms with Gasteiger partial charge in [0.25, 0.3) is 0 Å². The van der Waals surface area contributed by atoms with Gasteiger partial charge in [-0.05, 0) is 38.0 Å². The smallest absolute Gasteiger partial charge is 0.128 e. The van der Waals surface area contributed by atoms with Crippen molar-refractivity contribution in [2.75, 3.05) is 19.8 Å². The summed E-state index contributed by atoms with van der Waals surface area (Å²) < 4.78 is 11.2. The molecule has 1 rings (SSSR count). The van der Waals surface area contributed by atoms with E-state index in [2.05, 4.69) is 12.1 Å². The van der Waals surface area contributed by atoms with Crippen molar-refractivity contribution in [3.05, 3.63) is 29.3 Å². The second-order valence-corrected chi connectivity index (χ2v) is 4.50. The summed E-state index contributed by atoms with van der Waals surface area (Å²) in [4.78, 5) is 0. The highest BCUT2D eigenvalue weighted by atomic mass is 16.5. The fourth-order valence-corrected chi connectivity index (χ4v) is 1.66. The van der Waals surface area contributed by atoms with E-state index < -0.39 is 0 Å². The minimum atomic E-state index is 0.499. The summed E-state index contributed by atoms with van der Waals surface area (Å²) in [5, 5.41) is 12.1. The average Bonchev–Trinajstić information content (AvgIpc) is 2.42. The maximum absolute atomic E-state index is 8.86. The van der Waals surface area contributed by atoms with Gasteiger partial charge in [-0.15, -0.1) is 0 Å². The number of ether oxygens (including phenoxy) is 2. The van der Waals surface area contributed by atoms with E-state index in [1.54, 1.807) is 6.92 Å². The fourth-order valence-electron chi connectivity index (χ4n) is 1.66. The van der Waals surface area contributed by atoms with Crippen LogP contribution in [0.15, 0.2) is 23.4 Å². The van der Waals surface area contributed by atoms with Gasteiger partial charge in [-0.1, -0.05) is 24.6 Å². The molecule has 19 heavy (non-hydrogen) atoms. The Morgan fingerprint density at radius 2 is 2.05 bits per heavy atom. The number of nitrogens with zero attached hydrogens (tertiary/aromatic N) is 1. The number of benzene rings is 1. The Morgan fingerprint density at radius 3 is 2.74 bits per heavy atom. The van der Waals surface area contributed by atoms with Crippen LogP contribution in [-0.2, 0) is 4.74 Å². The number of rotatable bonds is 8. The lowest BCUT2D eigenvalue weighted by Crippen LogP contribution is -2.10. The number of oxime groups is 1. The van der Waals surface area contributed by atoms with E-state index in [-0.39, 0.29) is 0 Å². The standard InChI is InChI=1S/C15H23NO3/c1-4-5-8-18-9-10-19-15-11-12(2)6-7-14(15)13(3)16-17/h6-7,11,17H,4-5,8-10H2,1-3H3. The van der Waals surface area contributed by atoms with Crippen LogP contribution in [0.5, 0.6) is 5.75 Å². The van der Waals surface area contributed by atoms with Crippen molar-refractivity contribution < 1.29 is 14.7 Å². The van der Waals surface area contributed by atoms with E-state index in [1.807, 2.05) is 25.1 Å². The quantitative estimate of drug-likeness (QED) is 0.339. The molecular formula is C15H23NO3. The lowest BCUT2D eigenvalue weighted by atomic mass is 10.1. The Kier molecular flexibility index (Phi) is 6.97.